The van der Waals surface area contributed by atoms with Gasteiger partial charge in [0.2, 0.25) is 0 Å². The van der Waals surface area contributed by atoms with Crippen LogP contribution >= 0.6 is 0 Å². The number of carbonyl (C=O) groups excluding carboxylic acids is 1. The van der Waals surface area contributed by atoms with Gasteiger partial charge in [-0.3, -0.25) is 9.20 Å². The van der Waals surface area contributed by atoms with Gasteiger partial charge < -0.3 is 14.6 Å². The van der Waals surface area contributed by atoms with Gasteiger partial charge in [0.05, 0.1) is 12.1 Å². The van der Waals surface area contributed by atoms with Crippen molar-refractivity contribution in [2.75, 3.05) is 20.3 Å². The van der Waals surface area contributed by atoms with Crippen molar-refractivity contribution >= 4 is 11.4 Å². The van der Waals surface area contributed by atoms with E-state index in [4.69, 9.17) is 4.74 Å². The summed E-state index contributed by atoms with van der Waals surface area (Å²) in [6.45, 7) is 0.880. The molecule has 0 radical (unpaired) electrons. The van der Waals surface area contributed by atoms with Crippen LogP contribution in [0.25, 0.3) is 22.7 Å². The molecule has 4 rings (SSSR count). The van der Waals surface area contributed by atoms with Crippen molar-refractivity contribution in [3.63, 3.8) is 0 Å². The van der Waals surface area contributed by atoms with Crippen LogP contribution < -0.4 is 5.32 Å². The van der Waals surface area contributed by atoms with Crippen molar-refractivity contribution < 1.29 is 9.53 Å². The van der Waals surface area contributed by atoms with E-state index in [1.165, 1.54) is 0 Å². The third-order valence-corrected chi connectivity index (χ3v) is 4.22. The maximum atomic E-state index is 12.5. The zero-order valence-electron chi connectivity index (χ0n) is 14.9. The molecule has 0 bridgehead atoms. The first-order valence-corrected chi connectivity index (χ1v) is 8.62. The standard InChI is InChI=1S/C20H19N5O2/c1-27-12-10-21-20(26)18-17-9-5-6-11-25(17)19(23-18)16-13-24(14-22-16)15-7-3-2-4-8-15/h2-9,11,13-14H,10,12H2,1H3,(H,21,26). The van der Waals surface area contributed by atoms with Crippen LogP contribution in [0.5, 0.6) is 0 Å². The fourth-order valence-electron chi connectivity index (χ4n) is 2.92. The second-order valence-corrected chi connectivity index (χ2v) is 5.99. The Morgan fingerprint density at radius 3 is 2.78 bits per heavy atom. The molecule has 1 N–H and O–H groups in total. The molecule has 136 valence electrons. The lowest BCUT2D eigenvalue weighted by Crippen LogP contribution is -2.27. The number of methoxy groups -OCH3 is 1. The molecule has 0 fully saturated rings. The van der Waals surface area contributed by atoms with E-state index < -0.39 is 0 Å². The SMILES string of the molecule is COCCNC(=O)c1nc(-c2cn(-c3ccccc3)cn2)n2ccccc12. The molecule has 1 aromatic carbocycles. The molecule has 1 amide bonds. The van der Waals surface area contributed by atoms with Gasteiger partial charge in [-0.2, -0.15) is 0 Å². The minimum Gasteiger partial charge on any atom is -0.383 e. The molecule has 3 heterocycles. The molecule has 0 aliphatic carbocycles. The highest BCUT2D eigenvalue weighted by atomic mass is 16.5. The van der Waals surface area contributed by atoms with Crippen LogP contribution in [0.2, 0.25) is 0 Å². The van der Waals surface area contributed by atoms with E-state index >= 15 is 0 Å². The Hall–Kier alpha value is -3.45. The summed E-state index contributed by atoms with van der Waals surface area (Å²) in [5, 5.41) is 2.82. The van der Waals surface area contributed by atoms with Gasteiger partial charge in [0.1, 0.15) is 12.0 Å². The number of pyridine rings is 1. The first-order chi connectivity index (χ1) is 13.3. The smallest absolute Gasteiger partial charge is 0.272 e. The summed E-state index contributed by atoms with van der Waals surface area (Å²) in [6, 6.07) is 15.6. The largest absolute Gasteiger partial charge is 0.383 e. The summed E-state index contributed by atoms with van der Waals surface area (Å²) in [5.74, 6) is 0.390. The lowest BCUT2D eigenvalue weighted by Gasteiger charge is -2.02. The van der Waals surface area contributed by atoms with Gasteiger partial charge in [-0.1, -0.05) is 24.3 Å². The average molecular weight is 361 g/mol. The number of fused-ring (bicyclic) bond motifs is 1. The Bertz CT molecular complexity index is 1070. The molecule has 3 aromatic heterocycles. The minimum atomic E-state index is -0.232. The third-order valence-electron chi connectivity index (χ3n) is 4.22. The lowest BCUT2D eigenvalue weighted by atomic mass is 10.3. The van der Waals surface area contributed by atoms with Gasteiger partial charge in [-0.05, 0) is 24.3 Å². The first-order valence-electron chi connectivity index (χ1n) is 8.62. The summed E-state index contributed by atoms with van der Waals surface area (Å²) in [7, 11) is 1.60. The molecule has 7 heteroatoms. The summed E-state index contributed by atoms with van der Waals surface area (Å²) in [6.07, 6.45) is 5.53. The molecule has 27 heavy (non-hydrogen) atoms. The van der Waals surface area contributed by atoms with E-state index in [-0.39, 0.29) is 5.91 Å². The van der Waals surface area contributed by atoms with Crippen molar-refractivity contribution in [1.29, 1.82) is 0 Å². The predicted octanol–water partition coefficient (Wildman–Crippen LogP) is 2.56. The third kappa shape index (κ3) is 3.32. The molecule has 0 unspecified atom stereocenters. The number of aromatic nitrogens is 4. The first kappa shape index (κ1) is 17.0. The van der Waals surface area contributed by atoms with Gasteiger partial charge in [0.25, 0.3) is 5.91 Å². The van der Waals surface area contributed by atoms with Crippen LogP contribution in [0.1, 0.15) is 10.5 Å². The normalized spacial score (nSPS) is 11.0. The second-order valence-electron chi connectivity index (χ2n) is 5.99. The number of amides is 1. The van der Waals surface area contributed by atoms with Crippen LogP contribution in [0, 0.1) is 0 Å². The number of ether oxygens (including phenoxy) is 1. The van der Waals surface area contributed by atoms with E-state index in [1.807, 2.05) is 69.9 Å². The van der Waals surface area contributed by atoms with Gasteiger partial charge in [-0.15, -0.1) is 0 Å². The van der Waals surface area contributed by atoms with E-state index in [9.17, 15) is 4.79 Å². The highest BCUT2D eigenvalue weighted by Crippen LogP contribution is 2.22. The Morgan fingerprint density at radius 1 is 1.15 bits per heavy atom. The van der Waals surface area contributed by atoms with Gasteiger partial charge in [-0.25, -0.2) is 9.97 Å². The molecule has 0 saturated carbocycles. The van der Waals surface area contributed by atoms with Crippen LogP contribution in [0.3, 0.4) is 0 Å². The zero-order valence-corrected chi connectivity index (χ0v) is 14.9. The van der Waals surface area contributed by atoms with E-state index in [2.05, 4.69) is 15.3 Å². The van der Waals surface area contributed by atoms with E-state index in [0.29, 0.717) is 30.4 Å². The van der Waals surface area contributed by atoms with Crippen LogP contribution in [0.15, 0.2) is 67.3 Å². The zero-order chi connectivity index (χ0) is 18.6. The fraction of sp³-hybridized carbons (Fsp3) is 0.150. The van der Waals surface area contributed by atoms with E-state index in [1.54, 1.807) is 13.4 Å². The highest BCUT2D eigenvalue weighted by Gasteiger charge is 2.19. The number of hydrogen-bond acceptors (Lipinski definition) is 4. The van der Waals surface area contributed by atoms with Crippen molar-refractivity contribution in [2.45, 2.75) is 0 Å². The highest BCUT2D eigenvalue weighted by molar-refractivity contribution is 5.99. The van der Waals surface area contributed by atoms with Gasteiger partial charge in [0.15, 0.2) is 11.5 Å². The maximum absolute atomic E-state index is 12.5. The number of nitrogens with zero attached hydrogens (tertiary/aromatic N) is 4. The number of hydrogen-bond donors (Lipinski definition) is 1. The molecule has 0 saturated heterocycles. The fourth-order valence-corrected chi connectivity index (χ4v) is 2.92. The van der Waals surface area contributed by atoms with Gasteiger partial charge in [0, 0.05) is 31.7 Å². The number of benzene rings is 1. The number of imidazole rings is 2. The molecular weight excluding hydrogens is 342 g/mol. The van der Waals surface area contributed by atoms with Crippen molar-refractivity contribution in [2.24, 2.45) is 0 Å². The summed E-state index contributed by atoms with van der Waals surface area (Å²) >= 11 is 0. The summed E-state index contributed by atoms with van der Waals surface area (Å²) in [5.41, 5.74) is 2.80. The van der Waals surface area contributed by atoms with Gasteiger partial charge >= 0.3 is 0 Å². The number of para-hydroxylation sites is 1. The maximum Gasteiger partial charge on any atom is 0.272 e. The minimum absolute atomic E-state index is 0.232. The number of carbonyl (C=O) groups is 1. The van der Waals surface area contributed by atoms with E-state index in [0.717, 1.165) is 11.2 Å². The topological polar surface area (TPSA) is 73.4 Å². The lowest BCUT2D eigenvalue weighted by molar-refractivity contribution is 0.0934. The average Bonchev–Trinajstić information content (AvgIpc) is 3.34. The molecule has 0 spiro atoms. The molecule has 4 aromatic rings. The summed E-state index contributed by atoms with van der Waals surface area (Å²) in [4.78, 5) is 21.6. The summed E-state index contributed by atoms with van der Waals surface area (Å²) < 4.78 is 8.79. The molecule has 0 atom stereocenters. The van der Waals surface area contributed by atoms with Crippen molar-refractivity contribution in [3.05, 3.63) is 72.9 Å². The number of nitrogens with one attached hydrogen (secondary N) is 1. The predicted molar refractivity (Wildman–Crippen MR) is 102 cm³/mol. The molecule has 7 nitrogen and oxygen atoms in total. The Balaban J connectivity index is 1.73. The quantitative estimate of drug-likeness (QED) is 0.536. The van der Waals surface area contributed by atoms with Crippen molar-refractivity contribution in [1.82, 2.24) is 24.3 Å². The van der Waals surface area contributed by atoms with Crippen LogP contribution in [-0.2, 0) is 4.74 Å². The number of rotatable bonds is 6. The molecule has 0 aliphatic rings. The molecular formula is C20H19N5O2. The Morgan fingerprint density at radius 2 is 1.96 bits per heavy atom. The Labute approximate surface area is 156 Å². The monoisotopic (exact) mass is 361 g/mol. The van der Waals surface area contributed by atoms with Crippen LogP contribution in [-0.4, -0.2) is 45.1 Å². The van der Waals surface area contributed by atoms with Crippen LogP contribution in [0.4, 0.5) is 0 Å². The second kappa shape index (κ2) is 7.43. The molecule has 0 aliphatic heterocycles. The van der Waals surface area contributed by atoms with Crippen molar-refractivity contribution in [3.8, 4) is 17.2 Å². The Kier molecular flexibility index (Phi) is 4.67.